The van der Waals surface area contributed by atoms with Gasteiger partial charge in [0, 0.05) is 24.2 Å². The highest BCUT2D eigenvalue weighted by Crippen LogP contribution is 2.55. The predicted octanol–water partition coefficient (Wildman–Crippen LogP) is 7.38. The largest absolute Gasteiger partial charge is 0.463 e. The molecule has 5 fully saturated rings. The van der Waals surface area contributed by atoms with Gasteiger partial charge in [0.25, 0.3) is 0 Å². The lowest BCUT2D eigenvalue weighted by molar-refractivity contribution is -0.170. The van der Waals surface area contributed by atoms with E-state index in [1.807, 2.05) is 48.5 Å². The lowest BCUT2D eigenvalue weighted by Gasteiger charge is -2.33. The van der Waals surface area contributed by atoms with Gasteiger partial charge in [0.1, 0.15) is 18.3 Å². The van der Waals surface area contributed by atoms with Crippen molar-refractivity contribution in [3.05, 3.63) is 0 Å². The summed E-state index contributed by atoms with van der Waals surface area (Å²) in [5.74, 6) is 0.185. The van der Waals surface area contributed by atoms with Gasteiger partial charge in [0.15, 0.2) is 0 Å². The van der Waals surface area contributed by atoms with Crippen molar-refractivity contribution in [2.75, 3.05) is 6.61 Å². The molecule has 0 aromatic heterocycles. The lowest BCUT2D eigenvalue weighted by atomic mass is 9.78. The van der Waals surface area contributed by atoms with Gasteiger partial charge in [0.05, 0.1) is 28.8 Å². The Morgan fingerprint density at radius 3 is 1.71 bits per heavy atom. The van der Waals surface area contributed by atoms with Crippen LogP contribution < -0.4 is 0 Å². The van der Waals surface area contributed by atoms with Crippen LogP contribution in [0.3, 0.4) is 0 Å². The predicted molar refractivity (Wildman–Crippen MR) is 184 cm³/mol. The molecule has 0 radical (unpaired) electrons. The van der Waals surface area contributed by atoms with Crippen LogP contribution in [-0.2, 0) is 47.7 Å². The molecule has 5 rings (SSSR count). The van der Waals surface area contributed by atoms with Crippen molar-refractivity contribution in [3.63, 3.8) is 0 Å². The Morgan fingerprint density at radius 2 is 1.22 bits per heavy atom. The first kappa shape index (κ1) is 40.8. The third-order valence-electron chi connectivity index (χ3n) is 11.9. The molecule has 0 aromatic rings. The quantitative estimate of drug-likeness (QED) is 0.178. The van der Waals surface area contributed by atoms with Crippen LogP contribution in [0.1, 0.15) is 141 Å². The van der Waals surface area contributed by atoms with E-state index in [9.17, 15) is 24.0 Å². The molecule has 2 heterocycles. The van der Waals surface area contributed by atoms with Gasteiger partial charge >= 0.3 is 29.8 Å². The van der Waals surface area contributed by atoms with Crippen LogP contribution in [0, 0.1) is 45.3 Å². The number of rotatable bonds is 9. The standard InChI is InChI=1S/C15H28O2.C14H20O4.C10H16O4/c1-7-15(5,6)13(16)17-12-10-8-9-11(12)14(2,3)4;1-4-14(2,3)13(16)18-10-7-5-8-9(6-7)12(15)17-11(8)10;1-4-10(2,3)9(12)14-7-5-6-13-8(7)11/h11-12H,7-10H2,1-6H3;7-11H,4-6H2,1-3H3;7H,4-6H2,1-3H3. The van der Waals surface area contributed by atoms with Crippen molar-refractivity contribution < 1.29 is 47.7 Å². The first-order chi connectivity index (χ1) is 22.6. The molecule has 3 aliphatic carbocycles. The maximum Gasteiger partial charge on any atom is 0.347 e. The maximum atomic E-state index is 12.1. The average molecular weight is 693 g/mol. The van der Waals surface area contributed by atoms with E-state index in [0.717, 1.165) is 32.1 Å². The van der Waals surface area contributed by atoms with Crippen LogP contribution in [0.2, 0.25) is 0 Å². The molecule has 49 heavy (non-hydrogen) atoms. The molecule has 5 aliphatic rings. The number of cyclic esters (lactones) is 1. The topological polar surface area (TPSA) is 132 Å². The van der Waals surface area contributed by atoms with Crippen LogP contribution in [0.5, 0.6) is 0 Å². The zero-order valence-corrected chi connectivity index (χ0v) is 32.3. The Labute approximate surface area is 294 Å². The summed E-state index contributed by atoms with van der Waals surface area (Å²) in [7, 11) is 0. The van der Waals surface area contributed by atoms with Crippen LogP contribution in [0.25, 0.3) is 0 Å². The number of hydrogen-bond acceptors (Lipinski definition) is 10. The Hall–Kier alpha value is -2.65. The number of fused-ring (bicyclic) bond motifs is 1. The third-order valence-corrected chi connectivity index (χ3v) is 11.9. The zero-order chi connectivity index (χ0) is 37.1. The van der Waals surface area contributed by atoms with Gasteiger partial charge < -0.3 is 23.7 Å². The van der Waals surface area contributed by atoms with E-state index in [2.05, 4.69) is 20.8 Å². The van der Waals surface area contributed by atoms with E-state index in [-0.39, 0.29) is 58.9 Å². The summed E-state index contributed by atoms with van der Waals surface area (Å²) < 4.78 is 26.6. The fraction of sp³-hybridized carbons (Fsp3) is 0.872. The van der Waals surface area contributed by atoms with Crippen molar-refractivity contribution in [2.45, 2.75) is 165 Å². The monoisotopic (exact) mass is 692 g/mol. The molecule has 2 aliphatic heterocycles. The van der Waals surface area contributed by atoms with Crippen LogP contribution >= 0.6 is 0 Å². The van der Waals surface area contributed by atoms with Gasteiger partial charge in [-0.3, -0.25) is 19.2 Å². The van der Waals surface area contributed by atoms with E-state index < -0.39 is 22.9 Å². The molecule has 8 unspecified atom stereocenters. The molecule has 0 aromatic carbocycles. The third kappa shape index (κ3) is 9.57. The van der Waals surface area contributed by atoms with Gasteiger partial charge in [-0.1, -0.05) is 41.5 Å². The molecule has 2 saturated heterocycles. The Morgan fingerprint density at radius 1 is 0.694 bits per heavy atom. The highest BCUT2D eigenvalue weighted by molar-refractivity contribution is 5.83. The molecule has 3 saturated carbocycles. The normalized spacial score (nSPS) is 30.4. The minimum Gasteiger partial charge on any atom is -0.463 e. The van der Waals surface area contributed by atoms with Gasteiger partial charge in [0.2, 0.25) is 6.10 Å². The minimum absolute atomic E-state index is 0.0267. The Bertz CT molecular complexity index is 1210. The van der Waals surface area contributed by atoms with E-state index in [1.165, 1.54) is 12.8 Å². The Balaban J connectivity index is 0.000000201. The second-order valence-corrected chi connectivity index (χ2v) is 17.7. The summed E-state index contributed by atoms with van der Waals surface area (Å²) in [4.78, 5) is 58.4. The van der Waals surface area contributed by atoms with Gasteiger partial charge in [-0.05, 0) is 98.3 Å². The summed E-state index contributed by atoms with van der Waals surface area (Å²) in [6, 6.07) is 0. The molecule has 0 N–H and O–H groups in total. The Kier molecular flexibility index (Phi) is 13.1. The van der Waals surface area contributed by atoms with E-state index >= 15 is 0 Å². The van der Waals surface area contributed by atoms with E-state index in [4.69, 9.17) is 23.7 Å². The average Bonchev–Trinajstić information content (AvgIpc) is 3.85. The molecule has 10 heteroatoms. The smallest absolute Gasteiger partial charge is 0.347 e. The molecule has 8 atom stereocenters. The number of ether oxygens (including phenoxy) is 5. The first-order valence-corrected chi connectivity index (χ1v) is 18.6. The summed E-state index contributed by atoms with van der Waals surface area (Å²) in [6.45, 7) is 24.3. The number of carbonyl (C=O) groups is 5. The highest BCUT2D eigenvalue weighted by atomic mass is 16.6. The lowest BCUT2D eigenvalue weighted by Crippen LogP contribution is -2.39. The fourth-order valence-corrected chi connectivity index (χ4v) is 7.01. The highest BCUT2D eigenvalue weighted by Gasteiger charge is 2.63. The molecule has 0 spiro atoms. The fourth-order valence-electron chi connectivity index (χ4n) is 7.01. The van der Waals surface area contributed by atoms with Crippen molar-refractivity contribution in [3.8, 4) is 0 Å². The summed E-state index contributed by atoms with van der Waals surface area (Å²) in [5, 5.41) is 0. The first-order valence-electron chi connectivity index (χ1n) is 18.6. The van der Waals surface area contributed by atoms with Gasteiger partial charge in [-0.25, -0.2) is 4.79 Å². The van der Waals surface area contributed by atoms with Crippen molar-refractivity contribution in [1.82, 2.24) is 0 Å². The van der Waals surface area contributed by atoms with Gasteiger partial charge in [-0.2, -0.15) is 0 Å². The summed E-state index contributed by atoms with van der Waals surface area (Å²) >= 11 is 0. The zero-order valence-electron chi connectivity index (χ0n) is 32.3. The number of carbonyl (C=O) groups excluding carboxylic acids is 5. The second-order valence-electron chi connectivity index (χ2n) is 17.7. The minimum atomic E-state index is -0.687. The van der Waals surface area contributed by atoms with Gasteiger partial charge in [-0.15, -0.1) is 0 Å². The number of hydrogen-bond donors (Lipinski definition) is 0. The van der Waals surface area contributed by atoms with Crippen LogP contribution in [0.15, 0.2) is 0 Å². The second kappa shape index (κ2) is 15.7. The summed E-state index contributed by atoms with van der Waals surface area (Å²) in [5.41, 5.74) is -1.09. The van der Waals surface area contributed by atoms with Crippen LogP contribution in [0.4, 0.5) is 0 Å². The van der Waals surface area contributed by atoms with E-state index in [1.54, 1.807) is 13.8 Å². The van der Waals surface area contributed by atoms with Crippen molar-refractivity contribution in [2.24, 2.45) is 45.3 Å². The number of esters is 5. The molecule has 2 bridgehead atoms. The molecule has 10 nitrogen and oxygen atoms in total. The molecule has 0 amide bonds. The van der Waals surface area contributed by atoms with Crippen molar-refractivity contribution >= 4 is 29.8 Å². The van der Waals surface area contributed by atoms with Crippen LogP contribution in [-0.4, -0.2) is 60.9 Å². The molecular weight excluding hydrogens is 628 g/mol. The maximum absolute atomic E-state index is 12.1. The summed E-state index contributed by atoms with van der Waals surface area (Å²) in [6.07, 6.45) is 7.05. The molecule has 280 valence electrons. The van der Waals surface area contributed by atoms with Crippen molar-refractivity contribution in [1.29, 1.82) is 0 Å². The molecular formula is C39H64O10. The SMILES string of the molecule is CCC(C)(C)C(=O)OC1C2CC3C(=O)OC1C3C2.CCC(C)(C)C(=O)OC1CCCC1C(C)(C)C.CCC(C)(C)C(=O)OC1CCOC1=O. The van der Waals surface area contributed by atoms with E-state index in [0.29, 0.717) is 37.2 Å².